The zero-order valence-electron chi connectivity index (χ0n) is 12.0. The van der Waals surface area contributed by atoms with Crippen molar-refractivity contribution in [1.82, 2.24) is 5.32 Å². The quantitative estimate of drug-likeness (QED) is 0.870. The SMILES string of the molecule is CCNCC1(CC2COc3ccccc32)CCCC1. The molecule has 1 fully saturated rings. The number of ether oxygens (including phenoxy) is 1. The summed E-state index contributed by atoms with van der Waals surface area (Å²) in [5.41, 5.74) is 1.95. The second-order valence-electron chi connectivity index (χ2n) is 6.24. The highest BCUT2D eigenvalue weighted by Gasteiger charge is 2.38. The van der Waals surface area contributed by atoms with Crippen LogP contribution in [-0.2, 0) is 0 Å². The van der Waals surface area contributed by atoms with E-state index in [1.165, 1.54) is 44.2 Å². The van der Waals surface area contributed by atoms with Gasteiger partial charge in [0.2, 0.25) is 0 Å². The molecule has 0 spiro atoms. The van der Waals surface area contributed by atoms with Gasteiger partial charge in [-0.05, 0) is 37.3 Å². The Bertz CT molecular complexity index is 423. The van der Waals surface area contributed by atoms with E-state index >= 15 is 0 Å². The minimum Gasteiger partial charge on any atom is -0.493 e. The van der Waals surface area contributed by atoms with E-state index in [2.05, 4.69) is 36.5 Å². The fourth-order valence-corrected chi connectivity index (χ4v) is 3.89. The monoisotopic (exact) mass is 259 g/mol. The molecule has 3 rings (SSSR count). The maximum atomic E-state index is 5.85. The molecule has 19 heavy (non-hydrogen) atoms. The van der Waals surface area contributed by atoms with Gasteiger partial charge in [0, 0.05) is 18.0 Å². The first kappa shape index (κ1) is 13.0. The van der Waals surface area contributed by atoms with E-state index in [-0.39, 0.29) is 0 Å². The lowest BCUT2D eigenvalue weighted by atomic mass is 9.76. The molecule has 104 valence electrons. The molecule has 0 saturated heterocycles. The molecule has 2 aliphatic rings. The smallest absolute Gasteiger partial charge is 0.122 e. The van der Waals surface area contributed by atoms with Gasteiger partial charge in [-0.1, -0.05) is 38.0 Å². The van der Waals surface area contributed by atoms with Gasteiger partial charge in [0.05, 0.1) is 6.61 Å². The summed E-state index contributed by atoms with van der Waals surface area (Å²) >= 11 is 0. The third-order valence-electron chi connectivity index (χ3n) is 4.89. The fraction of sp³-hybridized carbons (Fsp3) is 0.647. The highest BCUT2D eigenvalue weighted by atomic mass is 16.5. The van der Waals surface area contributed by atoms with Crippen LogP contribution in [0.5, 0.6) is 5.75 Å². The number of benzene rings is 1. The van der Waals surface area contributed by atoms with Crippen molar-refractivity contribution in [3.63, 3.8) is 0 Å². The van der Waals surface area contributed by atoms with Crippen LogP contribution in [0.15, 0.2) is 24.3 Å². The lowest BCUT2D eigenvalue weighted by Gasteiger charge is -2.31. The van der Waals surface area contributed by atoms with Crippen molar-refractivity contribution in [1.29, 1.82) is 0 Å². The number of nitrogens with one attached hydrogen (secondary N) is 1. The minimum absolute atomic E-state index is 0.515. The predicted octanol–water partition coefficient (Wildman–Crippen LogP) is 3.72. The molecule has 1 aromatic rings. The first-order valence-corrected chi connectivity index (χ1v) is 7.75. The number of para-hydroxylation sites is 1. The molecule has 0 bridgehead atoms. The summed E-state index contributed by atoms with van der Waals surface area (Å²) in [7, 11) is 0. The lowest BCUT2D eigenvalue weighted by Crippen LogP contribution is -2.33. The van der Waals surface area contributed by atoms with Crippen LogP contribution in [0, 0.1) is 5.41 Å². The molecule has 1 aliphatic heterocycles. The predicted molar refractivity (Wildman–Crippen MR) is 78.7 cm³/mol. The zero-order chi connectivity index (χ0) is 13.1. The van der Waals surface area contributed by atoms with E-state index in [9.17, 15) is 0 Å². The van der Waals surface area contributed by atoms with Crippen molar-refractivity contribution in [2.24, 2.45) is 5.41 Å². The van der Waals surface area contributed by atoms with Gasteiger partial charge in [0.25, 0.3) is 0 Å². The zero-order valence-corrected chi connectivity index (χ0v) is 12.0. The Hall–Kier alpha value is -1.02. The van der Waals surface area contributed by atoms with Crippen LogP contribution in [0.25, 0.3) is 0 Å². The maximum Gasteiger partial charge on any atom is 0.122 e. The molecule has 2 nitrogen and oxygen atoms in total. The summed E-state index contributed by atoms with van der Waals surface area (Å²) in [6, 6.07) is 8.58. The fourth-order valence-electron chi connectivity index (χ4n) is 3.89. The average molecular weight is 259 g/mol. The number of hydrogen-bond acceptors (Lipinski definition) is 2. The van der Waals surface area contributed by atoms with E-state index < -0.39 is 0 Å². The van der Waals surface area contributed by atoms with Gasteiger partial charge in [-0.25, -0.2) is 0 Å². The summed E-state index contributed by atoms with van der Waals surface area (Å²) in [6.45, 7) is 5.35. The summed E-state index contributed by atoms with van der Waals surface area (Å²) in [5.74, 6) is 1.72. The first-order chi connectivity index (χ1) is 9.33. The number of fused-ring (bicyclic) bond motifs is 1. The standard InChI is InChI=1S/C17H25NO/c1-2-18-13-17(9-5-6-10-17)11-14-12-19-16-8-4-3-7-15(14)16/h3-4,7-8,14,18H,2,5-6,9-13H2,1H3. The third kappa shape index (κ3) is 2.64. The molecule has 0 amide bonds. The maximum absolute atomic E-state index is 5.85. The highest BCUT2D eigenvalue weighted by molar-refractivity contribution is 5.39. The molecule has 1 N–H and O–H groups in total. The first-order valence-electron chi connectivity index (χ1n) is 7.75. The lowest BCUT2D eigenvalue weighted by molar-refractivity contribution is 0.217. The van der Waals surface area contributed by atoms with E-state index in [4.69, 9.17) is 4.74 Å². The van der Waals surface area contributed by atoms with Gasteiger partial charge in [0.15, 0.2) is 0 Å². The van der Waals surface area contributed by atoms with Gasteiger partial charge in [-0.2, -0.15) is 0 Å². The van der Waals surface area contributed by atoms with Gasteiger partial charge >= 0.3 is 0 Å². The van der Waals surface area contributed by atoms with Crippen molar-refractivity contribution < 1.29 is 4.74 Å². The normalized spacial score (nSPS) is 24.2. The van der Waals surface area contributed by atoms with Crippen LogP contribution < -0.4 is 10.1 Å². The number of hydrogen-bond donors (Lipinski definition) is 1. The van der Waals surface area contributed by atoms with Gasteiger partial charge in [-0.15, -0.1) is 0 Å². The topological polar surface area (TPSA) is 21.3 Å². The Balaban J connectivity index is 1.73. The van der Waals surface area contributed by atoms with Crippen molar-refractivity contribution in [3.05, 3.63) is 29.8 Å². The third-order valence-corrected chi connectivity index (χ3v) is 4.89. The summed E-state index contributed by atoms with van der Waals surface area (Å²) in [6.07, 6.45) is 6.87. The van der Waals surface area contributed by atoms with E-state index in [1.54, 1.807) is 0 Å². The molecule has 2 heteroatoms. The van der Waals surface area contributed by atoms with E-state index in [0.717, 1.165) is 18.9 Å². The van der Waals surface area contributed by atoms with Crippen molar-refractivity contribution in [3.8, 4) is 5.75 Å². The summed E-state index contributed by atoms with van der Waals surface area (Å²) in [4.78, 5) is 0. The minimum atomic E-state index is 0.515. The Morgan fingerprint density at radius 2 is 2.05 bits per heavy atom. The molecule has 1 saturated carbocycles. The van der Waals surface area contributed by atoms with E-state index in [0.29, 0.717) is 11.3 Å². The largest absolute Gasteiger partial charge is 0.493 e. The molecule has 1 unspecified atom stereocenters. The van der Waals surface area contributed by atoms with Crippen LogP contribution in [0.3, 0.4) is 0 Å². The molecule has 1 atom stereocenters. The van der Waals surface area contributed by atoms with Gasteiger partial charge in [0.1, 0.15) is 5.75 Å². The van der Waals surface area contributed by atoms with Crippen LogP contribution in [0.1, 0.15) is 50.5 Å². The molecule has 0 aromatic heterocycles. The highest BCUT2D eigenvalue weighted by Crippen LogP contribution is 2.47. The van der Waals surface area contributed by atoms with Crippen LogP contribution in [0.2, 0.25) is 0 Å². The van der Waals surface area contributed by atoms with Crippen molar-refractivity contribution >= 4 is 0 Å². The second kappa shape index (κ2) is 5.54. The van der Waals surface area contributed by atoms with Crippen LogP contribution in [-0.4, -0.2) is 19.7 Å². The Morgan fingerprint density at radius 1 is 1.26 bits per heavy atom. The summed E-state index contributed by atoms with van der Waals surface area (Å²) in [5, 5.41) is 3.59. The van der Waals surface area contributed by atoms with Gasteiger partial charge < -0.3 is 10.1 Å². The van der Waals surface area contributed by atoms with Crippen LogP contribution >= 0.6 is 0 Å². The molecular formula is C17H25NO. The van der Waals surface area contributed by atoms with Gasteiger partial charge in [-0.3, -0.25) is 0 Å². The molecular weight excluding hydrogens is 234 g/mol. The molecule has 0 radical (unpaired) electrons. The summed E-state index contributed by atoms with van der Waals surface area (Å²) < 4.78 is 5.85. The van der Waals surface area contributed by atoms with E-state index in [1.807, 2.05) is 0 Å². The molecule has 1 aromatic carbocycles. The average Bonchev–Trinajstić information content (AvgIpc) is 3.06. The Kier molecular flexibility index (Phi) is 3.79. The molecule has 1 heterocycles. The van der Waals surface area contributed by atoms with Crippen molar-refractivity contribution in [2.45, 2.75) is 44.9 Å². The Morgan fingerprint density at radius 3 is 2.84 bits per heavy atom. The Labute approximate surface area is 116 Å². The molecule has 1 aliphatic carbocycles. The van der Waals surface area contributed by atoms with Crippen LogP contribution in [0.4, 0.5) is 0 Å². The van der Waals surface area contributed by atoms with Crippen molar-refractivity contribution in [2.75, 3.05) is 19.7 Å². The second-order valence-corrected chi connectivity index (χ2v) is 6.24. The number of rotatable bonds is 5.